The quantitative estimate of drug-likeness (QED) is 0.0518. The number of nitrogens with one attached hydrogen (secondary N) is 1. The van der Waals surface area contributed by atoms with Gasteiger partial charge < -0.3 is 20.6 Å². The highest BCUT2D eigenvalue weighted by Gasteiger charge is 2.22. The third-order valence-corrected chi connectivity index (χ3v) is 7.79. The molecule has 40 heavy (non-hydrogen) atoms. The Kier molecular flexibility index (Phi) is 29.9. The molecular formula is C35H67NO4. The Morgan fingerprint density at radius 1 is 0.600 bits per heavy atom. The van der Waals surface area contributed by atoms with Gasteiger partial charge >= 0.3 is 0 Å². The largest absolute Gasteiger partial charge is 0.394 e. The van der Waals surface area contributed by atoms with Gasteiger partial charge in [-0.05, 0) is 32.1 Å². The van der Waals surface area contributed by atoms with Gasteiger partial charge in [0.2, 0.25) is 5.91 Å². The minimum Gasteiger partial charge on any atom is -0.394 e. The fraction of sp³-hybridized carbons (Fsp3) is 0.857. The standard InChI is InChI=1S/C35H67NO4/c1-3-5-7-9-11-13-14-15-16-17-18-19-20-22-24-26-28-30-34(39)35(40)36-32(31-37)33(38)29-27-25-23-21-12-10-8-6-4-2/h12,21,27,29,32-34,37-39H,3-11,13-20,22-26,28,30-31H2,1-2H3,(H,36,40)/b21-12+,29-27+. The normalized spacial score (nSPS) is 14.2. The fourth-order valence-electron chi connectivity index (χ4n) is 5.02. The molecule has 0 aromatic heterocycles. The molecule has 0 aliphatic rings. The van der Waals surface area contributed by atoms with E-state index in [9.17, 15) is 20.1 Å². The third-order valence-electron chi connectivity index (χ3n) is 7.79. The highest BCUT2D eigenvalue weighted by atomic mass is 16.3. The zero-order valence-corrected chi connectivity index (χ0v) is 26.5. The van der Waals surface area contributed by atoms with E-state index in [2.05, 4.69) is 31.3 Å². The predicted octanol–water partition coefficient (Wildman–Crippen LogP) is 8.70. The van der Waals surface area contributed by atoms with E-state index >= 15 is 0 Å². The first kappa shape index (κ1) is 38.8. The van der Waals surface area contributed by atoms with E-state index < -0.39 is 24.2 Å². The van der Waals surface area contributed by atoms with E-state index in [1.165, 1.54) is 109 Å². The van der Waals surface area contributed by atoms with E-state index in [1.54, 1.807) is 6.08 Å². The molecule has 0 bridgehead atoms. The SMILES string of the molecule is CCCCC/C=C/CC/C=C/C(O)C(CO)NC(=O)C(O)CCCCCCCCCCCCCCCCCCC. The lowest BCUT2D eigenvalue weighted by Gasteiger charge is -2.21. The van der Waals surface area contributed by atoms with Crippen LogP contribution in [0.4, 0.5) is 0 Å². The molecule has 0 aromatic rings. The Labute approximate surface area is 248 Å². The van der Waals surface area contributed by atoms with Crippen molar-refractivity contribution in [1.29, 1.82) is 0 Å². The number of aliphatic hydroxyl groups excluding tert-OH is 3. The van der Waals surface area contributed by atoms with Crippen molar-refractivity contribution >= 4 is 5.91 Å². The first-order chi connectivity index (χ1) is 19.6. The van der Waals surface area contributed by atoms with Crippen LogP contribution in [0.25, 0.3) is 0 Å². The number of carbonyl (C=O) groups is 1. The monoisotopic (exact) mass is 566 g/mol. The second-order valence-corrected chi connectivity index (χ2v) is 11.7. The number of unbranched alkanes of at least 4 members (excludes halogenated alkanes) is 20. The molecule has 0 fully saturated rings. The number of allylic oxidation sites excluding steroid dienone is 3. The summed E-state index contributed by atoms with van der Waals surface area (Å²) in [5, 5.41) is 32.7. The lowest BCUT2D eigenvalue weighted by Crippen LogP contribution is -2.48. The van der Waals surface area contributed by atoms with Crippen LogP contribution in [0.1, 0.15) is 168 Å². The van der Waals surface area contributed by atoms with Gasteiger partial charge in [-0.2, -0.15) is 0 Å². The van der Waals surface area contributed by atoms with Gasteiger partial charge in [-0.1, -0.05) is 160 Å². The summed E-state index contributed by atoms with van der Waals surface area (Å²) >= 11 is 0. The summed E-state index contributed by atoms with van der Waals surface area (Å²) in [5.74, 6) is -0.516. The number of hydrogen-bond donors (Lipinski definition) is 4. The Bertz CT molecular complexity index is 592. The van der Waals surface area contributed by atoms with Crippen molar-refractivity contribution in [2.45, 2.75) is 186 Å². The molecule has 0 heterocycles. The van der Waals surface area contributed by atoms with Crippen molar-refractivity contribution in [3.8, 4) is 0 Å². The zero-order chi connectivity index (χ0) is 29.5. The van der Waals surface area contributed by atoms with Crippen molar-refractivity contribution in [3.05, 3.63) is 24.3 Å². The summed E-state index contributed by atoms with van der Waals surface area (Å²) in [4.78, 5) is 12.3. The van der Waals surface area contributed by atoms with Crippen LogP contribution < -0.4 is 5.32 Å². The number of aliphatic hydroxyl groups is 3. The van der Waals surface area contributed by atoms with Crippen molar-refractivity contribution in [3.63, 3.8) is 0 Å². The van der Waals surface area contributed by atoms with Crippen LogP contribution in [0.15, 0.2) is 24.3 Å². The smallest absolute Gasteiger partial charge is 0.249 e. The Balaban J connectivity index is 3.73. The van der Waals surface area contributed by atoms with Gasteiger partial charge in [0.05, 0.1) is 18.8 Å². The second kappa shape index (κ2) is 30.8. The molecule has 4 N–H and O–H groups in total. The summed E-state index contributed by atoms with van der Waals surface area (Å²) < 4.78 is 0. The zero-order valence-electron chi connectivity index (χ0n) is 26.5. The highest BCUT2D eigenvalue weighted by molar-refractivity contribution is 5.80. The number of rotatable bonds is 30. The maximum absolute atomic E-state index is 12.3. The van der Waals surface area contributed by atoms with Gasteiger partial charge in [-0.25, -0.2) is 0 Å². The van der Waals surface area contributed by atoms with Crippen LogP contribution in [-0.2, 0) is 4.79 Å². The fourth-order valence-corrected chi connectivity index (χ4v) is 5.02. The number of hydrogen-bond acceptors (Lipinski definition) is 4. The van der Waals surface area contributed by atoms with E-state index in [0.717, 1.165) is 38.5 Å². The molecule has 236 valence electrons. The van der Waals surface area contributed by atoms with Gasteiger partial charge in [-0.3, -0.25) is 4.79 Å². The summed E-state index contributed by atoms with van der Waals surface area (Å²) in [6.45, 7) is 4.10. The molecule has 0 aliphatic heterocycles. The molecule has 0 aromatic carbocycles. The molecule has 0 saturated carbocycles. The first-order valence-electron chi connectivity index (χ1n) is 17.2. The van der Waals surface area contributed by atoms with E-state index in [4.69, 9.17) is 0 Å². The van der Waals surface area contributed by atoms with Crippen LogP contribution in [0, 0.1) is 0 Å². The number of amides is 1. The summed E-state index contributed by atoms with van der Waals surface area (Å²) in [6, 6.07) is -0.807. The maximum Gasteiger partial charge on any atom is 0.249 e. The van der Waals surface area contributed by atoms with Crippen molar-refractivity contribution < 1.29 is 20.1 Å². The van der Waals surface area contributed by atoms with E-state index in [1.807, 2.05) is 6.08 Å². The summed E-state index contributed by atoms with van der Waals surface area (Å²) in [6.07, 6.45) is 34.8. The van der Waals surface area contributed by atoms with Crippen LogP contribution in [0.3, 0.4) is 0 Å². The van der Waals surface area contributed by atoms with Crippen LogP contribution in [0.5, 0.6) is 0 Å². The van der Waals surface area contributed by atoms with Gasteiger partial charge in [0.15, 0.2) is 0 Å². The Morgan fingerprint density at radius 2 is 1.02 bits per heavy atom. The van der Waals surface area contributed by atoms with Gasteiger partial charge in [0.25, 0.3) is 0 Å². The van der Waals surface area contributed by atoms with Crippen LogP contribution >= 0.6 is 0 Å². The first-order valence-corrected chi connectivity index (χ1v) is 17.2. The maximum atomic E-state index is 12.3. The predicted molar refractivity (Wildman–Crippen MR) is 171 cm³/mol. The molecule has 0 aliphatic carbocycles. The van der Waals surface area contributed by atoms with Crippen LogP contribution in [0.2, 0.25) is 0 Å². The van der Waals surface area contributed by atoms with E-state index in [0.29, 0.717) is 6.42 Å². The summed E-state index contributed by atoms with van der Waals surface area (Å²) in [5.41, 5.74) is 0. The molecule has 3 unspecified atom stereocenters. The third kappa shape index (κ3) is 25.8. The minimum absolute atomic E-state index is 0.375. The molecule has 5 nitrogen and oxygen atoms in total. The molecular weight excluding hydrogens is 498 g/mol. The van der Waals surface area contributed by atoms with Crippen molar-refractivity contribution in [2.24, 2.45) is 0 Å². The molecule has 0 radical (unpaired) electrons. The molecule has 0 spiro atoms. The van der Waals surface area contributed by atoms with Gasteiger partial charge in [-0.15, -0.1) is 0 Å². The molecule has 5 heteroatoms. The van der Waals surface area contributed by atoms with Crippen molar-refractivity contribution in [1.82, 2.24) is 5.32 Å². The highest BCUT2D eigenvalue weighted by Crippen LogP contribution is 2.15. The Hall–Kier alpha value is -1.17. The second-order valence-electron chi connectivity index (χ2n) is 11.7. The lowest BCUT2D eigenvalue weighted by molar-refractivity contribution is -0.131. The average molecular weight is 566 g/mol. The van der Waals surface area contributed by atoms with Crippen LogP contribution in [-0.4, -0.2) is 46.1 Å². The van der Waals surface area contributed by atoms with E-state index in [-0.39, 0.29) is 6.61 Å². The molecule has 3 atom stereocenters. The minimum atomic E-state index is -1.10. The van der Waals surface area contributed by atoms with Crippen molar-refractivity contribution in [2.75, 3.05) is 6.61 Å². The average Bonchev–Trinajstić information content (AvgIpc) is 2.96. The lowest BCUT2D eigenvalue weighted by atomic mass is 10.0. The Morgan fingerprint density at radius 3 is 1.52 bits per heavy atom. The summed E-state index contributed by atoms with van der Waals surface area (Å²) in [7, 11) is 0. The molecule has 1 amide bonds. The van der Waals surface area contributed by atoms with Gasteiger partial charge in [0.1, 0.15) is 6.10 Å². The number of carbonyl (C=O) groups excluding carboxylic acids is 1. The molecule has 0 saturated heterocycles. The molecule has 0 rings (SSSR count). The topological polar surface area (TPSA) is 89.8 Å². The van der Waals surface area contributed by atoms with Gasteiger partial charge in [0, 0.05) is 0 Å².